The van der Waals surface area contributed by atoms with Crippen LogP contribution in [0.2, 0.25) is 0 Å². The Hall–Kier alpha value is -2.57. The van der Waals surface area contributed by atoms with E-state index in [4.69, 9.17) is 10.5 Å². The molecule has 7 nitrogen and oxygen atoms in total. The first kappa shape index (κ1) is 21.5. The van der Waals surface area contributed by atoms with Gasteiger partial charge in [-0.1, -0.05) is 13.8 Å². The van der Waals surface area contributed by atoms with Crippen LogP contribution in [0.5, 0.6) is 0 Å². The summed E-state index contributed by atoms with van der Waals surface area (Å²) in [4.78, 5) is 36.2. The number of carbonyl (C=O) groups excluding carboxylic acids is 3. The fourth-order valence-electron chi connectivity index (χ4n) is 2.86. The summed E-state index contributed by atoms with van der Waals surface area (Å²) in [5, 5.41) is 5.52. The number of anilines is 1. The molecule has 0 saturated carbocycles. The van der Waals surface area contributed by atoms with Crippen molar-refractivity contribution in [3.05, 3.63) is 29.8 Å². The van der Waals surface area contributed by atoms with Gasteiger partial charge in [-0.2, -0.15) is 0 Å². The third-order valence-electron chi connectivity index (χ3n) is 4.11. The Balaban J connectivity index is 2.46. The van der Waals surface area contributed by atoms with Crippen molar-refractivity contribution in [2.45, 2.75) is 34.1 Å². The molecule has 0 bridgehead atoms. The zero-order valence-corrected chi connectivity index (χ0v) is 16.1. The summed E-state index contributed by atoms with van der Waals surface area (Å²) in [6, 6.07) is 6.59. The summed E-state index contributed by atoms with van der Waals surface area (Å²) in [5.41, 5.74) is 5.16. The molecular weight excluding hydrogens is 334 g/mol. The van der Waals surface area contributed by atoms with Gasteiger partial charge in [-0.05, 0) is 44.5 Å². The first-order chi connectivity index (χ1) is 12.0. The van der Waals surface area contributed by atoms with Crippen LogP contribution in [-0.4, -0.2) is 38.0 Å². The van der Waals surface area contributed by atoms with Gasteiger partial charge in [0.25, 0.3) is 5.91 Å². The lowest BCUT2D eigenvalue weighted by molar-refractivity contribution is -0.153. The SMILES string of the molecule is COC(=O)C(C)(C)CC(C)(C)C(=O)NCCNC(=O)c1ccc(N)cc1. The summed E-state index contributed by atoms with van der Waals surface area (Å²) in [7, 11) is 1.33. The van der Waals surface area contributed by atoms with Crippen molar-refractivity contribution in [2.75, 3.05) is 25.9 Å². The number of esters is 1. The zero-order valence-electron chi connectivity index (χ0n) is 16.1. The van der Waals surface area contributed by atoms with Gasteiger partial charge >= 0.3 is 5.97 Å². The van der Waals surface area contributed by atoms with Crippen molar-refractivity contribution in [3.8, 4) is 0 Å². The summed E-state index contributed by atoms with van der Waals surface area (Å²) in [6.07, 6.45) is 0.344. The van der Waals surface area contributed by atoms with E-state index in [9.17, 15) is 14.4 Å². The second-order valence-corrected chi connectivity index (χ2v) is 7.57. The highest BCUT2D eigenvalue weighted by molar-refractivity contribution is 5.94. The van der Waals surface area contributed by atoms with E-state index in [1.807, 2.05) is 0 Å². The van der Waals surface area contributed by atoms with E-state index in [1.54, 1.807) is 52.0 Å². The highest BCUT2D eigenvalue weighted by Crippen LogP contribution is 2.34. The average Bonchev–Trinajstić information content (AvgIpc) is 2.57. The van der Waals surface area contributed by atoms with Crippen molar-refractivity contribution in [1.29, 1.82) is 0 Å². The quantitative estimate of drug-likeness (QED) is 0.370. The van der Waals surface area contributed by atoms with Crippen LogP contribution in [0.15, 0.2) is 24.3 Å². The molecule has 7 heteroatoms. The largest absolute Gasteiger partial charge is 0.469 e. The number of methoxy groups -OCH3 is 1. The van der Waals surface area contributed by atoms with Gasteiger partial charge in [0.2, 0.25) is 5.91 Å². The summed E-state index contributed by atoms with van der Waals surface area (Å²) in [5.74, 6) is -0.768. The van der Waals surface area contributed by atoms with Crippen LogP contribution in [0.25, 0.3) is 0 Å². The molecule has 0 atom stereocenters. The maximum absolute atomic E-state index is 12.4. The number of hydrogen-bond acceptors (Lipinski definition) is 5. The van der Waals surface area contributed by atoms with Crippen LogP contribution in [0.3, 0.4) is 0 Å². The second-order valence-electron chi connectivity index (χ2n) is 7.57. The highest BCUT2D eigenvalue weighted by atomic mass is 16.5. The Morgan fingerprint density at radius 1 is 0.962 bits per heavy atom. The number of benzene rings is 1. The zero-order chi connectivity index (χ0) is 20.0. The van der Waals surface area contributed by atoms with Crippen LogP contribution in [-0.2, 0) is 14.3 Å². The number of carbonyl (C=O) groups is 3. The molecule has 0 aliphatic carbocycles. The van der Waals surface area contributed by atoms with E-state index in [0.29, 0.717) is 30.8 Å². The van der Waals surface area contributed by atoms with Crippen molar-refractivity contribution in [3.63, 3.8) is 0 Å². The standard InChI is InChI=1S/C19H29N3O4/c1-18(2,12-19(3,4)17(25)26-5)16(24)22-11-10-21-15(23)13-6-8-14(20)9-7-13/h6-9H,10-12,20H2,1-5H3,(H,21,23)(H,22,24). The van der Waals surface area contributed by atoms with Gasteiger partial charge in [-0.25, -0.2) is 0 Å². The van der Waals surface area contributed by atoms with Crippen molar-refractivity contribution in [2.24, 2.45) is 10.8 Å². The average molecular weight is 363 g/mol. The number of amides is 2. The topological polar surface area (TPSA) is 111 Å². The van der Waals surface area contributed by atoms with Crippen molar-refractivity contribution in [1.82, 2.24) is 10.6 Å². The molecule has 0 unspecified atom stereocenters. The van der Waals surface area contributed by atoms with Gasteiger partial charge in [0.1, 0.15) is 0 Å². The van der Waals surface area contributed by atoms with E-state index in [1.165, 1.54) is 7.11 Å². The molecular formula is C19H29N3O4. The Kier molecular flexibility index (Phi) is 7.18. The predicted molar refractivity (Wildman–Crippen MR) is 100 cm³/mol. The molecule has 1 rings (SSSR count). The first-order valence-corrected chi connectivity index (χ1v) is 8.50. The molecule has 1 aromatic rings. The predicted octanol–water partition coefficient (Wildman–Crippen LogP) is 1.73. The maximum Gasteiger partial charge on any atom is 0.311 e. The van der Waals surface area contributed by atoms with Crippen LogP contribution >= 0.6 is 0 Å². The van der Waals surface area contributed by atoms with Crippen LogP contribution in [0.1, 0.15) is 44.5 Å². The van der Waals surface area contributed by atoms with Crippen molar-refractivity contribution >= 4 is 23.5 Å². The lowest BCUT2D eigenvalue weighted by atomic mass is 9.74. The Morgan fingerprint density at radius 2 is 1.50 bits per heavy atom. The van der Waals surface area contributed by atoms with Gasteiger partial charge in [0.15, 0.2) is 0 Å². The number of hydrogen-bond donors (Lipinski definition) is 3. The lowest BCUT2D eigenvalue weighted by Gasteiger charge is -2.31. The second kappa shape index (κ2) is 8.69. The normalized spacial score (nSPS) is 11.6. The Morgan fingerprint density at radius 3 is 2.04 bits per heavy atom. The Labute approximate surface area is 154 Å². The molecule has 1 aromatic carbocycles. The van der Waals surface area contributed by atoms with Gasteiger partial charge in [-0.3, -0.25) is 14.4 Å². The summed E-state index contributed by atoms with van der Waals surface area (Å²) >= 11 is 0. The molecule has 0 saturated heterocycles. The van der Waals surface area contributed by atoms with Crippen LogP contribution in [0, 0.1) is 10.8 Å². The van der Waals surface area contributed by atoms with Gasteiger partial charge < -0.3 is 21.1 Å². The minimum atomic E-state index is -0.765. The highest BCUT2D eigenvalue weighted by Gasteiger charge is 2.39. The molecule has 144 valence electrons. The molecule has 2 amide bonds. The molecule has 0 fully saturated rings. The van der Waals surface area contributed by atoms with E-state index < -0.39 is 10.8 Å². The van der Waals surface area contributed by atoms with Gasteiger partial charge in [0, 0.05) is 29.8 Å². The molecule has 0 spiro atoms. The van der Waals surface area contributed by atoms with E-state index >= 15 is 0 Å². The third-order valence-corrected chi connectivity index (χ3v) is 4.11. The maximum atomic E-state index is 12.4. The number of nitrogens with two attached hydrogens (primary N) is 1. The van der Waals surface area contributed by atoms with E-state index in [-0.39, 0.29) is 17.8 Å². The number of nitrogens with one attached hydrogen (secondary N) is 2. The molecule has 26 heavy (non-hydrogen) atoms. The molecule has 0 aromatic heterocycles. The first-order valence-electron chi connectivity index (χ1n) is 8.50. The van der Waals surface area contributed by atoms with Gasteiger partial charge in [0.05, 0.1) is 12.5 Å². The minimum Gasteiger partial charge on any atom is -0.469 e. The molecule has 0 aliphatic rings. The fourth-order valence-corrected chi connectivity index (χ4v) is 2.86. The van der Waals surface area contributed by atoms with Crippen LogP contribution in [0.4, 0.5) is 5.69 Å². The molecule has 0 heterocycles. The van der Waals surface area contributed by atoms with Gasteiger partial charge in [-0.15, -0.1) is 0 Å². The molecule has 0 radical (unpaired) electrons. The van der Waals surface area contributed by atoms with Crippen LogP contribution < -0.4 is 16.4 Å². The number of ether oxygens (including phenoxy) is 1. The van der Waals surface area contributed by atoms with Crippen molar-refractivity contribution < 1.29 is 19.1 Å². The molecule has 4 N–H and O–H groups in total. The summed E-state index contributed by atoms with van der Waals surface area (Å²) < 4.78 is 4.79. The smallest absolute Gasteiger partial charge is 0.311 e. The monoisotopic (exact) mass is 363 g/mol. The summed E-state index contributed by atoms with van der Waals surface area (Å²) in [6.45, 7) is 7.65. The van der Waals surface area contributed by atoms with E-state index in [2.05, 4.69) is 10.6 Å². The molecule has 0 aliphatic heterocycles. The minimum absolute atomic E-state index is 0.184. The third kappa shape index (κ3) is 6.06. The number of rotatable bonds is 8. The fraction of sp³-hybridized carbons (Fsp3) is 0.526. The lowest BCUT2D eigenvalue weighted by Crippen LogP contribution is -2.44. The number of nitrogen functional groups attached to an aromatic ring is 1. The Bertz CT molecular complexity index is 651. The van der Waals surface area contributed by atoms with E-state index in [0.717, 1.165) is 0 Å².